The van der Waals surface area contributed by atoms with Gasteiger partial charge in [0, 0.05) is 62.0 Å². The van der Waals surface area contributed by atoms with E-state index in [9.17, 15) is 9.59 Å². The van der Waals surface area contributed by atoms with Crippen LogP contribution in [0.25, 0.3) is 11.3 Å². The van der Waals surface area contributed by atoms with Crippen LogP contribution in [0, 0.1) is 11.8 Å². The predicted octanol–water partition coefficient (Wildman–Crippen LogP) is 0.862. The minimum absolute atomic E-state index is 0.141. The maximum atomic E-state index is 12.2. The van der Waals surface area contributed by atoms with Gasteiger partial charge in [-0.3, -0.25) is 14.3 Å². The first-order valence-corrected chi connectivity index (χ1v) is 7.77. The second kappa shape index (κ2) is 5.33. The standard InChI is InChI=1S/C16H17N5O3/c1-20-13(22)6-12(9-2-4-17-5-3-9)18-15(20)19-14-10-7-21(16(23)24)8-11(10)14/h2-6,10-11,14H,7-8H2,1H3,(H,18,19)(H,23,24)/t10-,11+,14+. The van der Waals surface area contributed by atoms with Crippen LogP contribution < -0.4 is 10.9 Å². The Labute approximate surface area is 137 Å². The average molecular weight is 327 g/mol. The molecular weight excluding hydrogens is 310 g/mol. The summed E-state index contributed by atoms with van der Waals surface area (Å²) in [5.41, 5.74) is 1.29. The molecule has 3 atom stereocenters. The summed E-state index contributed by atoms with van der Waals surface area (Å²) in [6.07, 6.45) is 2.45. The van der Waals surface area contributed by atoms with Gasteiger partial charge >= 0.3 is 6.09 Å². The van der Waals surface area contributed by atoms with E-state index in [1.807, 2.05) is 12.1 Å². The Bertz CT molecular complexity index is 839. The molecule has 8 nitrogen and oxygen atoms in total. The Morgan fingerprint density at radius 1 is 1.29 bits per heavy atom. The second-order valence-corrected chi connectivity index (χ2v) is 6.28. The number of hydrogen-bond acceptors (Lipinski definition) is 5. The summed E-state index contributed by atoms with van der Waals surface area (Å²) < 4.78 is 1.48. The molecule has 2 aliphatic rings. The Kier molecular flexibility index (Phi) is 3.26. The molecule has 8 heteroatoms. The van der Waals surface area contributed by atoms with Crippen molar-refractivity contribution in [1.82, 2.24) is 19.4 Å². The molecular formula is C16H17N5O3. The molecule has 0 radical (unpaired) electrons. The largest absolute Gasteiger partial charge is 0.465 e. The number of aromatic nitrogens is 3. The molecule has 2 fully saturated rings. The van der Waals surface area contributed by atoms with Crippen LogP contribution in [-0.2, 0) is 7.05 Å². The molecule has 0 unspecified atom stereocenters. The van der Waals surface area contributed by atoms with Gasteiger partial charge in [-0.25, -0.2) is 9.78 Å². The highest BCUT2D eigenvalue weighted by Gasteiger charge is 2.57. The number of rotatable bonds is 3. The van der Waals surface area contributed by atoms with Gasteiger partial charge in [0.05, 0.1) is 5.69 Å². The number of nitrogens with one attached hydrogen (secondary N) is 1. The number of fused-ring (bicyclic) bond motifs is 1. The zero-order valence-corrected chi connectivity index (χ0v) is 13.1. The lowest BCUT2D eigenvalue weighted by atomic mass is 10.2. The molecule has 1 aliphatic heterocycles. The smallest absolute Gasteiger partial charge is 0.407 e. The van der Waals surface area contributed by atoms with Crippen LogP contribution in [0.3, 0.4) is 0 Å². The van der Waals surface area contributed by atoms with Crippen molar-refractivity contribution in [2.45, 2.75) is 6.04 Å². The van der Waals surface area contributed by atoms with E-state index in [2.05, 4.69) is 15.3 Å². The van der Waals surface area contributed by atoms with Gasteiger partial charge in [0.2, 0.25) is 5.95 Å². The van der Waals surface area contributed by atoms with E-state index in [-0.39, 0.29) is 11.6 Å². The number of anilines is 1. The number of hydrogen-bond donors (Lipinski definition) is 2. The van der Waals surface area contributed by atoms with Gasteiger partial charge in [-0.05, 0) is 12.1 Å². The van der Waals surface area contributed by atoms with Crippen molar-refractivity contribution < 1.29 is 9.90 Å². The predicted molar refractivity (Wildman–Crippen MR) is 86.7 cm³/mol. The Balaban J connectivity index is 1.56. The number of pyridine rings is 1. The number of likely N-dealkylation sites (tertiary alicyclic amines) is 1. The van der Waals surface area contributed by atoms with Gasteiger partial charge in [0.1, 0.15) is 0 Å². The zero-order valence-electron chi connectivity index (χ0n) is 13.1. The van der Waals surface area contributed by atoms with Crippen LogP contribution in [0.2, 0.25) is 0 Å². The molecule has 2 N–H and O–H groups in total. The molecule has 1 saturated heterocycles. The van der Waals surface area contributed by atoms with Crippen LogP contribution in [0.5, 0.6) is 0 Å². The number of amides is 1. The normalized spacial score (nSPS) is 24.5. The van der Waals surface area contributed by atoms with Crippen LogP contribution >= 0.6 is 0 Å². The van der Waals surface area contributed by atoms with Crippen LogP contribution in [0.4, 0.5) is 10.7 Å². The fourth-order valence-corrected chi connectivity index (χ4v) is 3.38. The third-order valence-corrected chi connectivity index (χ3v) is 4.87. The Morgan fingerprint density at radius 2 is 1.96 bits per heavy atom. The zero-order chi connectivity index (χ0) is 16.8. The van der Waals surface area contributed by atoms with Crippen molar-refractivity contribution in [3.63, 3.8) is 0 Å². The SMILES string of the molecule is Cn1c(N[C@H]2[C@@H]3CN(C(=O)O)C[C@@H]32)nc(-c2ccncc2)cc1=O. The van der Waals surface area contributed by atoms with Crippen molar-refractivity contribution in [2.75, 3.05) is 18.4 Å². The van der Waals surface area contributed by atoms with Crippen LogP contribution in [0.1, 0.15) is 0 Å². The molecule has 2 aromatic heterocycles. The van der Waals surface area contributed by atoms with E-state index >= 15 is 0 Å². The maximum Gasteiger partial charge on any atom is 0.407 e. The molecule has 3 heterocycles. The van der Waals surface area contributed by atoms with Crippen molar-refractivity contribution in [3.05, 3.63) is 40.9 Å². The lowest BCUT2D eigenvalue weighted by Crippen LogP contribution is -2.33. The van der Waals surface area contributed by atoms with Gasteiger partial charge in [-0.1, -0.05) is 0 Å². The summed E-state index contributed by atoms with van der Waals surface area (Å²) in [5, 5.41) is 12.3. The topological polar surface area (TPSA) is 100 Å². The number of carbonyl (C=O) groups is 1. The van der Waals surface area contributed by atoms with Crippen molar-refractivity contribution in [1.29, 1.82) is 0 Å². The molecule has 0 bridgehead atoms. The van der Waals surface area contributed by atoms with Gasteiger partial charge in [-0.15, -0.1) is 0 Å². The van der Waals surface area contributed by atoms with Gasteiger partial charge in [0.25, 0.3) is 5.56 Å². The summed E-state index contributed by atoms with van der Waals surface area (Å²) >= 11 is 0. The molecule has 0 spiro atoms. The van der Waals surface area contributed by atoms with E-state index < -0.39 is 6.09 Å². The summed E-state index contributed by atoms with van der Waals surface area (Å²) in [6.45, 7) is 1.07. The fraction of sp³-hybridized carbons (Fsp3) is 0.375. The first-order valence-electron chi connectivity index (χ1n) is 7.77. The number of piperidine rings is 1. The number of carboxylic acid groups (broad SMARTS) is 1. The van der Waals surface area contributed by atoms with Gasteiger partial charge < -0.3 is 15.3 Å². The highest BCUT2D eigenvalue weighted by atomic mass is 16.4. The summed E-state index contributed by atoms with van der Waals surface area (Å²) in [5.74, 6) is 1.10. The summed E-state index contributed by atoms with van der Waals surface area (Å²) in [7, 11) is 1.68. The molecule has 1 saturated carbocycles. The van der Waals surface area contributed by atoms with E-state index in [4.69, 9.17) is 5.11 Å². The first-order chi connectivity index (χ1) is 11.5. The van der Waals surface area contributed by atoms with Crippen molar-refractivity contribution >= 4 is 12.0 Å². The Hall–Kier alpha value is -2.90. The lowest BCUT2D eigenvalue weighted by Gasteiger charge is -2.17. The highest BCUT2D eigenvalue weighted by molar-refractivity contribution is 5.66. The first kappa shape index (κ1) is 14.7. The molecule has 24 heavy (non-hydrogen) atoms. The van der Waals surface area contributed by atoms with E-state index in [1.165, 1.54) is 15.5 Å². The van der Waals surface area contributed by atoms with Gasteiger partial charge in [-0.2, -0.15) is 0 Å². The molecule has 4 rings (SSSR count). The third-order valence-electron chi connectivity index (χ3n) is 4.87. The molecule has 124 valence electrons. The van der Waals surface area contributed by atoms with Gasteiger partial charge in [0.15, 0.2) is 0 Å². The maximum absolute atomic E-state index is 12.2. The Morgan fingerprint density at radius 3 is 2.58 bits per heavy atom. The van der Waals surface area contributed by atoms with Crippen LogP contribution in [-0.4, -0.2) is 49.8 Å². The monoisotopic (exact) mass is 327 g/mol. The van der Waals surface area contributed by atoms with E-state index in [0.29, 0.717) is 36.6 Å². The quantitative estimate of drug-likeness (QED) is 0.867. The molecule has 2 aromatic rings. The lowest BCUT2D eigenvalue weighted by molar-refractivity contribution is 0.150. The average Bonchev–Trinajstić information content (AvgIpc) is 3.02. The van der Waals surface area contributed by atoms with E-state index in [1.54, 1.807) is 19.4 Å². The van der Waals surface area contributed by atoms with E-state index in [0.717, 1.165) is 5.56 Å². The summed E-state index contributed by atoms with van der Waals surface area (Å²) in [6, 6.07) is 5.29. The molecule has 1 amide bonds. The molecule has 1 aliphatic carbocycles. The minimum Gasteiger partial charge on any atom is -0.465 e. The van der Waals surface area contributed by atoms with Crippen molar-refractivity contribution in [3.8, 4) is 11.3 Å². The van der Waals surface area contributed by atoms with Crippen LogP contribution in [0.15, 0.2) is 35.4 Å². The summed E-state index contributed by atoms with van der Waals surface area (Å²) in [4.78, 5) is 33.1. The highest BCUT2D eigenvalue weighted by Crippen LogP contribution is 2.46. The third kappa shape index (κ3) is 2.40. The number of nitrogens with zero attached hydrogens (tertiary/aromatic N) is 4. The fourth-order valence-electron chi connectivity index (χ4n) is 3.38. The minimum atomic E-state index is -0.869. The second-order valence-electron chi connectivity index (χ2n) is 6.28. The molecule has 0 aromatic carbocycles. The van der Waals surface area contributed by atoms with Crippen molar-refractivity contribution in [2.24, 2.45) is 18.9 Å².